The molecule has 1 nitrogen and oxygen atoms in total. The lowest BCUT2D eigenvalue weighted by Crippen LogP contribution is -2.24. The van der Waals surface area contributed by atoms with Crippen LogP contribution in [0.3, 0.4) is 0 Å². The summed E-state index contributed by atoms with van der Waals surface area (Å²) in [5.41, 5.74) is 2.47. The average molecular weight is 533 g/mol. The molecule has 0 heterocycles. The number of alkyl halides is 3. The molecule has 0 amide bonds. The van der Waals surface area contributed by atoms with Crippen LogP contribution in [0.15, 0.2) is 48.5 Å². The van der Waals surface area contributed by atoms with Gasteiger partial charge in [0.1, 0.15) is 11.6 Å². The van der Waals surface area contributed by atoms with Crippen LogP contribution in [-0.2, 0) is 0 Å². The van der Waals surface area contributed by atoms with Crippen molar-refractivity contribution in [2.45, 2.75) is 109 Å². The summed E-state index contributed by atoms with van der Waals surface area (Å²) in [6, 6.07) is 13.5. The highest BCUT2D eigenvalue weighted by Crippen LogP contribution is 2.44. The Labute approximate surface area is 226 Å². The Balaban J connectivity index is 0.000000204. The number of halogens is 4. The Morgan fingerprint density at radius 1 is 0.553 bits per heavy atom. The molecule has 2 aromatic carbocycles. The van der Waals surface area contributed by atoms with Crippen molar-refractivity contribution in [1.82, 2.24) is 0 Å². The molecule has 3 aliphatic carbocycles. The van der Waals surface area contributed by atoms with Gasteiger partial charge in [0.05, 0.1) is 0 Å². The molecule has 0 unspecified atom stereocenters. The molecule has 0 aliphatic heterocycles. The van der Waals surface area contributed by atoms with Crippen molar-refractivity contribution in [2.24, 2.45) is 23.7 Å². The fourth-order valence-electron chi connectivity index (χ4n) is 6.95. The summed E-state index contributed by atoms with van der Waals surface area (Å²) in [6.07, 6.45) is 11.0. The maximum atomic E-state index is 12.7. The molecule has 0 aromatic heterocycles. The van der Waals surface area contributed by atoms with E-state index in [9.17, 15) is 17.6 Å². The van der Waals surface area contributed by atoms with E-state index < -0.39 is 6.36 Å². The van der Waals surface area contributed by atoms with Gasteiger partial charge in [0, 0.05) is 0 Å². The zero-order valence-corrected chi connectivity index (χ0v) is 23.0. The molecule has 0 saturated heterocycles. The van der Waals surface area contributed by atoms with Gasteiger partial charge in [-0.2, -0.15) is 0 Å². The van der Waals surface area contributed by atoms with Crippen LogP contribution in [0.5, 0.6) is 5.75 Å². The Bertz CT molecular complexity index is 944. The lowest BCUT2D eigenvalue weighted by atomic mass is 9.68. The van der Waals surface area contributed by atoms with E-state index in [0.29, 0.717) is 11.8 Å². The third-order valence-corrected chi connectivity index (χ3v) is 9.44. The van der Waals surface area contributed by atoms with Crippen molar-refractivity contribution in [3.63, 3.8) is 0 Å². The standard InChI is InChI=1S/C20H27F3O.C13H17F/c1-14-2-4-15(5-3-14)16-6-8-17(9-7-16)18-10-12-19(13-11-18)24-20(21,22)23;1-10-2-4-11(5-3-10)12-6-8-13(14)9-7-12/h10-17H,2-9H2,1H3;6-11H,2-5H2,1H3. The molecule has 0 atom stereocenters. The molecule has 3 fully saturated rings. The average Bonchev–Trinajstić information content (AvgIpc) is 2.90. The zero-order valence-electron chi connectivity index (χ0n) is 23.0. The minimum Gasteiger partial charge on any atom is -0.406 e. The molecular weight excluding hydrogens is 488 g/mol. The van der Waals surface area contributed by atoms with Gasteiger partial charge in [0.2, 0.25) is 0 Å². The van der Waals surface area contributed by atoms with Gasteiger partial charge in [-0.1, -0.05) is 63.8 Å². The molecule has 0 bridgehead atoms. The third kappa shape index (κ3) is 8.74. The summed E-state index contributed by atoms with van der Waals surface area (Å²) < 4.78 is 53.3. The molecule has 3 aliphatic rings. The van der Waals surface area contributed by atoms with E-state index in [-0.39, 0.29) is 11.6 Å². The van der Waals surface area contributed by atoms with E-state index in [4.69, 9.17) is 0 Å². The van der Waals surface area contributed by atoms with Crippen LogP contribution >= 0.6 is 0 Å². The second-order valence-corrected chi connectivity index (χ2v) is 12.3. The predicted molar refractivity (Wildman–Crippen MR) is 146 cm³/mol. The van der Waals surface area contributed by atoms with E-state index in [2.05, 4.69) is 18.6 Å². The molecular formula is C33H44F4O. The summed E-state index contributed by atoms with van der Waals surface area (Å²) >= 11 is 0. The smallest absolute Gasteiger partial charge is 0.406 e. The van der Waals surface area contributed by atoms with Gasteiger partial charge < -0.3 is 4.74 Å². The molecule has 0 N–H and O–H groups in total. The molecule has 5 rings (SSSR count). The second kappa shape index (κ2) is 13.3. The molecule has 3 saturated carbocycles. The minimum atomic E-state index is -4.61. The van der Waals surface area contributed by atoms with Crippen LogP contribution < -0.4 is 4.74 Å². The Hall–Kier alpha value is -2.04. The van der Waals surface area contributed by atoms with E-state index in [1.54, 1.807) is 24.3 Å². The van der Waals surface area contributed by atoms with E-state index in [1.807, 2.05) is 12.1 Å². The van der Waals surface area contributed by atoms with Crippen LogP contribution in [0.25, 0.3) is 0 Å². The van der Waals surface area contributed by atoms with Crippen LogP contribution in [-0.4, -0.2) is 6.36 Å². The Morgan fingerprint density at radius 3 is 1.37 bits per heavy atom. The van der Waals surface area contributed by atoms with Crippen molar-refractivity contribution >= 4 is 0 Å². The van der Waals surface area contributed by atoms with E-state index >= 15 is 0 Å². The maximum Gasteiger partial charge on any atom is 0.573 e. The Morgan fingerprint density at radius 2 is 0.921 bits per heavy atom. The van der Waals surface area contributed by atoms with Gasteiger partial charge in [-0.25, -0.2) is 4.39 Å². The van der Waals surface area contributed by atoms with Gasteiger partial charge in [0.25, 0.3) is 0 Å². The minimum absolute atomic E-state index is 0.127. The number of hydrogen-bond donors (Lipinski definition) is 0. The van der Waals surface area contributed by atoms with Crippen molar-refractivity contribution in [2.75, 3.05) is 0 Å². The first-order valence-electron chi connectivity index (χ1n) is 14.8. The third-order valence-electron chi connectivity index (χ3n) is 9.44. The largest absolute Gasteiger partial charge is 0.573 e. The lowest BCUT2D eigenvalue weighted by molar-refractivity contribution is -0.274. The van der Waals surface area contributed by atoms with Crippen LogP contribution in [0, 0.1) is 29.5 Å². The van der Waals surface area contributed by atoms with E-state index in [0.717, 1.165) is 42.1 Å². The molecule has 0 radical (unpaired) electrons. The normalized spacial score (nSPS) is 30.2. The van der Waals surface area contributed by atoms with Gasteiger partial charge in [0.15, 0.2) is 0 Å². The first-order chi connectivity index (χ1) is 18.2. The zero-order chi connectivity index (χ0) is 27.1. The molecule has 210 valence electrons. The van der Waals surface area contributed by atoms with Gasteiger partial charge >= 0.3 is 6.36 Å². The van der Waals surface area contributed by atoms with Gasteiger partial charge in [-0.15, -0.1) is 13.2 Å². The topological polar surface area (TPSA) is 9.23 Å². The highest BCUT2D eigenvalue weighted by molar-refractivity contribution is 5.30. The van der Waals surface area contributed by atoms with Crippen LogP contribution in [0.4, 0.5) is 17.6 Å². The fraction of sp³-hybridized carbons (Fsp3) is 0.636. The highest BCUT2D eigenvalue weighted by Gasteiger charge is 2.32. The van der Waals surface area contributed by atoms with Crippen LogP contribution in [0.1, 0.15) is 114 Å². The molecule has 2 aromatic rings. The van der Waals surface area contributed by atoms with E-state index in [1.165, 1.54) is 81.9 Å². The van der Waals surface area contributed by atoms with Gasteiger partial charge in [-0.3, -0.25) is 0 Å². The first-order valence-corrected chi connectivity index (χ1v) is 14.8. The molecule has 5 heteroatoms. The summed E-state index contributed by atoms with van der Waals surface area (Å²) in [6.45, 7) is 4.68. The summed E-state index contributed by atoms with van der Waals surface area (Å²) in [7, 11) is 0. The summed E-state index contributed by atoms with van der Waals surface area (Å²) in [5, 5.41) is 0. The number of rotatable bonds is 4. The van der Waals surface area contributed by atoms with Crippen molar-refractivity contribution < 1.29 is 22.3 Å². The summed E-state index contributed by atoms with van der Waals surface area (Å²) in [5.74, 6) is 4.46. The SMILES string of the molecule is CC1CCC(C2CCC(c3ccc(OC(F)(F)F)cc3)CC2)CC1.CC1CCC(c2ccc(F)cc2)CC1. The van der Waals surface area contributed by atoms with Gasteiger partial charge in [-0.05, 0) is 122 Å². The monoisotopic (exact) mass is 532 g/mol. The van der Waals surface area contributed by atoms with Crippen molar-refractivity contribution in [1.29, 1.82) is 0 Å². The van der Waals surface area contributed by atoms with Crippen LogP contribution in [0.2, 0.25) is 0 Å². The predicted octanol–water partition coefficient (Wildman–Crippen LogP) is 10.8. The molecule has 38 heavy (non-hydrogen) atoms. The first kappa shape index (κ1) is 29.0. The quantitative estimate of drug-likeness (QED) is 0.356. The lowest BCUT2D eigenvalue weighted by Gasteiger charge is -2.37. The molecule has 0 spiro atoms. The maximum absolute atomic E-state index is 12.7. The highest BCUT2D eigenvalue weighted by atomic mass is 19.4. The Kier molecular flexibility index (Phi) is 10.2. The number of ether oxygens (including phenoxy) is 1. The number of benzene rings is 2. The van der Waals surface area contributed by atoms with Crippen molar-refractivity contribution in [3.8, 4) is 5.75 Å². The second-order valence-electron chi connectivity index (χ2n) is 12.3. The van der Waals surface area contributed by atoms with Crippen molar-refractivity contribution in [3.05, 3.63) is 65.5 Å². The summed E-state index contributed by atoms with van der Waals surface area (Å²) in [4.78, 5) is 0. The number of hydrogen-bond acceptors (Lipinski definition) is 1. The fourth-order valence-corrected chi connectivity index (χ4v) is 6.95.